The number of carbonyl (C=O) groups excluding carboxylic acids is 1. The summed E-state index contributed by atoms with van der Waals surface area (Å²) in [7, 11) is 0. The van der Waals surface area contributed by atoms with Gasteiger partial charge in [0, 0.05) is 26.2 Å². The lowest BCUT2D eigenvalue weighted by molar-refractivity contribution is -0.141. The van der Waals surface area contributed by atoms with Crippen LogP contribution in [0, 0.1) is 5.92 Å². The van der Waals surface area contributed by atoms with Gasteiger partial charge in [0.2, 0.25) is 0 Å². The van der Waals surface area contributed by atoms with E-state index >= 15 is 0 Å². The number of nitrogens with one attached hydrogen (secondary N) is 1. The molecule has 0 bridgehead atoms. The van der Waals surface area contributed by atoms with Crippen molar-refractivity contribution >= 4 is 12.0 Å². The van der Waals surface area contributed by atoms with Crippen LogP contribution in [0.5, 0.6) is 0 Å². The highest BCUT2D eigenvalue weighted by Gasteiger charge is 2.30. The summed E-state index contributed by atoms with van der Waals surface area (Å²) >= 11 is 0. The SMILES string of the molecule is CCCN(CC)CCNC(=O)N1CCC(C(=O)O)C1. The van der Waals surface area contributed by atoms with E-state index in [0.29, 0.717) is 26.1 Å². The number of aliphatic carboxylic acids is 1. The summed E-state index contributed by atoms with van der Waals surface area (Å²) in [6, 6.07) is -0.142. The van der Waals surface area contributed by atoms with E-state index in [4.69, 9.17) is 5.11 Å². The topological polar surface area (TPSA) is 72.9 Å². The monoisotopic (exact) mass is 271 g/mol. The van der Waals surface area contributed by atoms with Crippen LogP contribution in [0.2, 0.25) is 0 Å². The lowest BCUT2D eigenvalue weighted by atomic mass is 10.1. The fourth-order valence-corrected chi connectivity index (χ4v) is 2.32. The fraction of sp³-hybridized carbons (Fsp3) is 0.846. The molecule has 1 unspecified atom stereocenters. The van der Waals surface area contributed by atoms with Crippen molar-refractivity contribution in [1.29, 1.82) is 0 Å². The molecular formula is C13H25N3O3. The highest BCUT2D eigenvalue weighted by Crippen LogP contribution is 2.15. The average Bonchev–Trinajstić information content (AvgIpc) is 2.87. The molecule has 110 valence electrons. The lowest BCUT2D eigenvalue weighted by Crippen LogP contribution is -2.42. The number of carboxylic acids is 1. The molecule has 0 spiro atoms. The Morgan fingerprint density at radius 1 is 1.37 bits per heavy atom. The molecule has 1 aliphatic heterocycles. The number of likely N-dealkylation sites (N-methyl/N-ethyl adjacent to an activating group) is 1. The number of carboxylic acid groups (broad SMARTS) is 1. The number of rotatable bonds is 7. The Bertz CT molecular complexity index is 310. The molecule has 1 fully saturated rings. The van der Waals surface area contributed by atoms with Gasteiger partial charge in [0.1, 0.15) is 0 Å². The van der Waals surface area contributed by atoms with Crippen molar-refractivity contribution in [3.8, 4) is 0 Å². The van der Waals surface area contributed by atoms with Crippen LogP contribution in [-0.2, 0) is 4.79 Å². The van der Waals surface area contributed by atoms with Crippen molar-refractivity contribution in [2.75, 3.05) is 39.3 Å². The lowest BCUT2D eigenvalue weighted by Gasteiger charge is -2.21. The number of likely N-dealkylation sites (tertiary alicyclic amines) is 1. The van der Waals surface area contributed by atoms with Gasteiger partial charge in [0.15, 0.2) is 0 Å². The molecule has 6 nitrogen and oxygen atoms in total. The third-order valence-electron chi connectivity index (χ3n) is 3.52. The van der Waals surface area contributed by atoms with E-state index in [1.54, 1.807) is 4.90 Å². The van der Waals surface area contributed by atoms with Crippen molar-refractivity contribution in [3.63, 3.8) is 0 Å². The van der Waals surface area contributed by atoms with Gasteiger partial charge < -0.3 is 20.2 Å². The second-order valence-corrected chi connectivity index (χ2v) is 4.94. The van der Waals surface area contributed by atoms with Gasteiger partial charge in [-0.3, -0.25) is 4.79 Å². The summed E-state index contributed by atoms with van der Waals surface area (Å²) in [4.78, 5) is 26.5. The van der Waals surface area contributed by atoms with Gasteiger partial charge in [0.25, 0.3) is 0 Å². The second kappa shape index (κ2) is 7.99. The Morgan fingerprint density at radius 2 is 2.11 bits per heavy atom. The van der Waals surface area contributed by atoms with E-state index in [-0.39, 0.29) is 6.03 Å². The van der Waals surface area contributed by atoms with Gasteiger partial charge in [-0.1, -0.05) is 13.8 Å². The van der Waals surface area contributed by atoms with Crippen LogP contribution in [0.1, 0.15) is 26.7 Å². The molecule has 1 saturated heterocycles. The van der Waals surface area contributed by atoms with Crippen molar-refractivity contribution in [3.05, 3.63) is 0 Å². The Labute approximate surface area is 114 Å². The first-order chi connectivity index (χ1) is 9.08. The smallest absolute Gasteiger partial charge is 0.317 e. The number of amides is 2. The standard InChI is InChI=1S/C13H25N3O3/c1-3-7-15(4-2)9-6-14-13(19)16-8-5-11(10-16)12(17)18/h11H,3-10H2,1-2H3,(H,14,19)(H,17,18). The Kier molecular flexibility index (Phi) is 6.62. The van der Waals surface area contributed by atoms with Gasteiger partial charge in [-0.2, -0.15) is 0 Å². The summed E-state index contributed by atoms with van der Waals surface area (Å²) in [5.74, 6) is -1.21. The first-order valence-electron chi connectivity index (χ1n) is 7.06. The number of urea groups is 1. The molecule has 2 amide bonds. The minimum atomic E-state index is -0.810. The van der Waals surface area contributed by atoms with Crippen LogP contribution in [-0.4, -0.2) is 66.2 Å². The van der Waals surface area contributed by atoms with Crippen LogP contribution >= 0.6 is 0 Å². The van der Waals surface area contributed by atoms with E-state index in [1.807, 2.05) is 0 Å². The maximum Gasteiger partial charge on any atom is 0.317 e. The molecule has 1 heterocycles. The van der Waals surface area contributed by atoms with Gasteiger partial charge in [-0.05, 0) is 25.9 Å². The molecule has 1 aliphatic rings. The van der Waals surface area contributed by atoms with Crippen molar-refractivity contribution < 1.29 is 14.7 Å². The molecule has 19 heavy (non-hydrogen) atoms. The zero-order valence-electron chi connectivity index (χ0n) is 11.9. The zero-order valence-corrected chi connectivity index (χ0v) is 11.9. The van der Waals surface area contributed by atoms with Gasteiger partial charge >= 0.3 is 12.0 Å². The average molecular weight is 271 g/mol. The fourth-order valence-electron chi connectivity index (χ4n) is 2.32. The highest BCUT2D eigenvalue weighted by molar-refractivity contribution is 5.77. The number of carbonyl (C=O) groups is 2. The predicted molar refractivity (Wildman–Crippen MR) is 73.1 cm³/mol. The van der Waals surface area contributed by atoms with Gasteiger partial charge in [-0.25, -0.2) is 4.79 Å². The Morgan fingerprint density at radius 3 is 2.63 bits per heavy atom. The van der Waals surface area contributed by atoms with Gasteiger partial charge in [-0.15, -0.1) is 0 Å². The molecule has 0 aliphatic carbocycles. The minimum absolute atomic E-state index is 0.142. The summed E-state index contributed by atoms with van der Waals surface area (Å²) in [5, 5.41) is 11.7. The zero-order chi connectivity index (χ0) is 14.3. The van der Waals surface area contributed by atoms with E-state index in [9.17, 15) is 9.59 Å². The Balaban J connectivity index is 2.23. The molecule has 0 aromatic rings. The van der Waals surface area contributed by atoms with E-state index in [0.717, 1.165) is 26.1 Å². The third kappa shape index (κ3) is 5.06. The number of hydrogen-bond acceptors (Lipinski definition) is 3. The molecule has 6 heteroatoms. The van der Waals surface area contributed by atoms with Crippen LogP contribution in [0.4, 0.5) is 4.79 Å². The van der Waals surface area contributed by atoms with E-state index < -0.39 is 11.9 Å². The molecular weight excluding hydrogens is 246 g/mol. The van der Waals surface area contributed by atoms with Crippen molar-refractivity contribution in [2.24, 2.45) is 5.92 Å². The van der Waals surface area contributed by atoms with Crippen LogP contribution < -0.4 is 5.32 Å². The summed E-state index contributed by atoms with van der Waals surface area (Å²) in [6.45, 7) is 8.58. The Hall–Kier alpha value is -1.30. The second-order valence-electron chi connectivity index (χ2n) is 4.94. The summed E-state index contributed by atoms with van der Waals surface area (Å²) in [6.07, 6.45) is 1.66. The normalized spacial score (nSPS) is 18.9. The maximum atomic E-state index is 11.8. The minimum Gasteiger partial charge on any atom is -0.481 e. The largest absolute Gasteiger partial charge is 0.481 e. The molecule has 0 saturated carbocycles. The first-order valence-corrected chi connectivity index (χ1v) is 7.06. The number of hydrogen-bond donors (Lipinski definition) is 2. The summed E-state index contributed by atoms with van der Waals surface area (Å²) in [5.41, 5.74) is 0. The van der Waals surface area contributed by atoms with Crippen LogP contribution in [0.3, 0.4) is 0 Å². The molecule has 0 radical (unpaired) electrons. The van der Waals surface area contributed by atoms with Crippen molar-refractivity contribution in [2.45, 2.75) is 26.7 Å². The third-order valence-corrected chi connectivity index (χ3v) is 3.52. The molecule has 1 rings (SSSR count). The molecule has 2 N–H and O–H groups in total. The van der Waals surface area contributed by atoms with Gasteiger partial charge in [0.05, 0.1) is 5.92 Å². The highest BCUT2D eigenvalue weighted by atomic mass is 16.4. The maximum absolute atomic E-state index is 11.8. The van der Waals surface area contributed by atoms with Crippen LogP contribution in [0.15, 0.2) is 0 Å². The predicted octanol–water partition coefficient (Wildman–Crippen LogP) is 0.834. The number of nitrogens with zero attached hydrogens (tertiary/aromatic N) is 2. The van der Waals surface area contributed by atoms with E-state index in [2.05, 4.69) is 24.1 Å². The summed E-state index contributed by atoms with van der Waals surface area (Å²) < 4.78 is 0. The first kappa shape index (κ1) is 15.8. The molecule has 0 aromatic carbocycles. The quantitative estimate of drug-likeness (QED) is 0.719. The van der Waals surface area contributed by atoms with Crippen LogP contribution in [0.25, 0.3) is 0 Å². The molecule has 1 atom stereocenters. The van der Waals surface area contributed by atoms with E-state index in [1.165, 1.54) is 0 Å². The molecule has 0 aromatic heterocycles. The van der Waals surface area contributed by atoms with Crippen molar-refractivity contribution in [1.82, 2.24) is 15.1 Å².